The molecule has 0 radical (unpaired) electrons. The molecule has 1 aromatic heterocycles. The lowest BCUT2D eigenvalue weighted by Gasteiger charge is -2.35. The maximum Gasteiger partial charge on any atom is 0.344 e. The van der Waals surface area contributed by atoms with Gasteiger partial charge in [-0.3, -0.25) is 4.79 Å². The van der Waals surface area contributed by atoms with E-state index in [1.807, 2.05) is 11.0 Å². The monoisotopic (exact) mass is 548 g/mol. The quantitative estimate of drug-likeness (QED) is 0.489. The summed E-state index contributed by atoms with van der Waals surface area (Å²) in [6.07, 6.45) is 2.99. The number of aromatic hydroxyl groups is 1. The molecular formula is C26H18BrFN4O4. The molecule has 36 heavy (non-hydrogen) atoms. The van der Waals surface area contributed by atoms with E-state index in [-0.39, 0.29) is 28.2 Å². The number of halogens is 2. The van der Waals surface area contributed by atoms with E-state index in [1.54, 1.807) is 23.1 Å². The minimum atomic E-state index is -0.659. The topological polar surface area (TPSA) is 107 Å². The van der Waals surface area contributed by atoms with Crippen molar-refractivity contribution in [3.05, 3.63) is 86.8 Å². The average molecular weight is 549 g/mol. The second kappa shape index (κ2) is 9.43. The van der Waals surface area contributed by atoms with E-state index < -0.39 is 17.7 Å². The van der Waals surface area contributed by atoms with Crippen LogP contribution in [-0.2, 0) is 4.74 Å². The summed E-state index contributed by atoms with van der Waals surface area (Å²) >= 11 is 3.23. The third kappa shape index (κ3) is 4.29. The fourth-order valence-electron chi connectivity index (χ4n) is 4.19. The lowest BCUT2D eigenvalue weighted by molar-refractivity contribution is 0.0714. The second-order valence-electron chi connectivity index (χ2n) is 8.25. The molecule has 0 saturated carbocycles. The van der Waals surface area contributed by atoms with Crippen LogP contribution in [0.2, 0.25) is 0 Å². The van der Waals surface area contributed by atoms with Gasteiger partial charge < -0.3 is 19.6 Å². The first kappa shape index (κ1) is 23.5. The smallest absolute Gasteiger partial charge is 0.344 e. The summed E-state index contributed by atoms with van der Waals surface area (Å²) < 4.78 is 20.4. The van der Waals surface area contributed by atoms with E-state index >= 15 is 0 Å². The number of cyclic esters (lactones) is 1. The summed E-state index contributed by atoms with van der Waals surface area (Å²) in [4.78, 5) is 33.2. The van der Waals surface area contributed by atoms with Crippen LogP contribution in [0.25, 0.3) is 11.8 Å². The van der Waals surface area contributed by atoms with Gasteiger partial charge in [-0.1, -0.05) is 6.07 Å². The number of hydrogen-bond acceptors (Lipinski definition) is 7. The molecule has 0 bridgehead atoms. The Morgan fingerprint density at radius 3 is 2.64 bits per heavy atom. The molecule has 3 heterocycles. The van der Waals surface area contributed by atoms with Gasteiger partial charge in [-0.15, -0.1) is 0 Å². The van der Waals surface area contributed by atoms with Crippen LogP contribution in [0, 0.1) is 17.1 Å². The number of fused-ring (bicyclic) bond motifs is 1. The van der Waals surface area contributed by atoms with Crippen molar-refractivity contribution in [2.24, 2.45) is 0 Å². The van der Waals surface area contributed by atoms with E-state index in [1.165, 1.54) is 36.5 Å². The zero-order valence-electron chi connectivity index (χ0n) is 18.7. The number of ether oxygens (including phenoxy) is 1. The molecule has 0 aliphatic carbocycles. The Balaban J connectivity index is 1.35. The van der Waals surface area contributed by atoms with Gasteiger partial charge in [-0.2, -0.15) is 5.26 Å². The van der Waals surface area contributed by atoms with Crippen molar-refractivity contribution in [1.82, 2.24) is 9.88 Å². The zero-order chi connectivity index (χ0) is 25.4. The molecule has 180 valence electrons. The molecule has 0 atom stereocenters. The van der Waals surface area contributed by atoms with Gasteiger partial charge in [0, 0.05) is 32.4 Å². The number of hydrogen-bond donors (Lipinski definition) is 1. The van der Waals surface area contributed by atoms with Crippen molar-refractivity contribution in [1.29, 1.82) is 5.26 Å². The van der Waals surface area contributed by atoms with E-state index in [9.17, 15) is 19.1 Å². The fraction of sp³-hybridized carbons (Fsp3) is 0.154. The second-order valence-corrected chi connectivity index (χ2v) is 9.11. The van der Waals surface area contributed by atoms with E-state index in [0.717, 1.165) is 0 Å². The Labute approximate surface area is 214 Å². The number of carbonyl (C=O) groups is 2. The lowest BCUT2D eigenvalue weighted by Crippen LogP contribution is -2.49. The summed E-state index contributed by atoms with van der Waals surface area (Å²) in [6, 6.07) is 12.6. The van der Waals surface area contributed by atoms with Crippen molar-refractivity contribution in [2.45, 2.75) is 0 Å². The SMILES string of the molecule is N#Cc1ccc(N2CCN(C(=O)c3cc(/C=C4\OC(=O)c5ccc(Br)c(O)c54)ccc3F)CC2)nc1. The molecule has 1 saturated heterocycles. The number of phenolic OH excluding ortho intramolecular Hbond substituents is 1. The molecular weight excluding hydrogens is 531 g/mol. The highest BCUT2D eigenvalue weighted by molar-refractivity contribution is 9.10. The fourth-order valence-corrected chi connectivity index (χ4v) is 4.52. The van der Waals surface area contributed by atoms with Crippen molar-refractivity contribution in [3.8, 4) is 11.8 Å². The summed E-state index contributed by atoms with van der Waals surface area (Å²) in [6.45, 7) is 1.77. The number of carbonyl (C=O) groups excluding carboxylic acids is 2. The number of esters is 1. The first-order valence-electron chi connectivity index (χ1n) is 11.0. The van der Waals surface area contributed by atoms with Crippen LogP contribution in [-0.4, -0.2) is 53.0 Å². The highest BCUT2D eigenvalue weighted by Crippen LogP contribution is 2.41. The zero-order valence-corrected chi connectivity index (χ0v) is 20.3. The number of piperazine rings is 1. The average Bonchev–Trinajstić information content (AvgIpc) is 3.22. The highest BCUT2D eigenvalue weighted by atomic mass is 79.9. The van der Waals surface area contributed by atoms with Gasteiger partial charge in [0.05, 0.1) is 26.7 Å². The number of nitrogens with zero attached hydrogens (tertiary/aromatic N) is 4. The largest absolute Gasteiger partial charge is 0.506 e. The third-order valence-electron chi connectivity index (χ3n) is 6.08. The van der Waals surface area contributed by atoms with Gasteiger partial charge >= 0.3 is 5.97 Å². The Hall–Kier alpha value is -4.23. The Morgan fingerprint density at radius 1 is 1.17 bits per heavy atom. The first-order valence-corrected chi connectivity index (χ1v) is 11.8. The number of rotatable bonds is 3. The van der Waals surface area contributed by atoms with E-state index in [0.29, 0.717) is 47.6 Å². The Morgan fingerprint density at radius 2 is 1.94 bits per heavy atom. The normalized spacial score (nSPS) is 16.0. The predicted octanol–water partition coefficient (Wildman–Crippen LogP) is 4.19. The Bertz CT molecular complexity index is 1460. The number of anilines is 1. The van der Waals surface area contributed by atoms with Gasteiger partial charge in [0.2, 0.25) is 0 Å². The third-order valence-corrected chi connectivity index (χ3v) is 6.72. The van der Waals surface area contributed by atoms with Crippen LogP contribution >= 0.6 is 15.9 Å². The van der Waals surface area contributed by atoms with Crippen molar-refractivity contribution >= 4 is 45.5 Å². The predicted molar refractivity (Wildman–Crippen MR) is 133 cm³/mol. The summed E-state index contributed by atoms with van der Waals surface area (Å²) in [7, 11) is 0. The number of pyridine rings is 1. The van der Waals surface area contributed by atoms with Gasteiger partial charge in [0.1, 0.15) is 29.2 Å². The number of aromatic nitrogens is 1. The number of amides is 1. The van der Waals surface area contributed by atoms with E-state index in [4.69, 9.17) is 10.00 Å². The van der Waals surface area contributed by atoms with Crippen LogP contribution in [0.5, 0.6) is 5.75 Å². The van der Waals surface area contributed by atoms with Crippen LogP contribution in [0.1, 0.15) is 37.4 Å². The molecule has 0 unspecified atom stereocenters. The number of benzene rings is 2. The van der Waals surface area contributed by atoms with Crippen molar-refractivity contribution in [2.75, 3.05) is 31.1 Å². The molecule has 2 aliphatic heterocycles. The van der Waals surface area contributed by atoms with Crippen LogP contribution in [0.4, 0.5) is 10.2 Å². The van der Waals surface area contributed by atoms with E-state index in [2.05, 4.69) is 20.9 Å². The van der Waals surface area contributed by atoms with Gasteiger partial charge in [0.15, 0.2) is 0 Å². The van der Waals surface area contributed by atoms with Crippen LogP contribution < -0.4 is 4.90 Å². The molecule has 2 aromatic carbocycles. The van der Waals surface area contributed by atoms with Gasteiger partial charge in [-0.05, 0) is 64.0 Å². The maximum atomic E-state index is 14.7. The molecule has 5 rings (SSSR count). The highest BCUT2D eigenvalue weighted by Gasteiger charge is 2.31. The van der Waals surface area contributed by atoms with Crippen LogP contribution in [0.3, 0.4) is 0 Å². The minimum Gasteiger partial charge on any atom is -0.506 e. The first-order chi connectivity index (χ1) is 17.4. The lowest BCUT2D eigenvalue weighted by atomic mass is 10.0. The summed E-state index contributed by atoms with van der Waals surface area (Å²) in [5, 5.41) is 19.3. The molecule has 3 aromatic rings. The molecule has 1 fully saturated rings. The number of phenols is 1. The molecule has 1 amide bonds. The maximum absolute atomic E-state index is 14.7. The van der Waals surface area contributed by atoms with Gasteiger partial charge in [0.25, 0.3) is 5.91 Å². The molecule has 1 N–H and O–H groups in total. The van der Waals surface area contributed by atoms with Crippen LogP contribution in [0.15, 0.2) is 53.1 Å². The molecule has 10 heteroatoms. The molecule has 2 aliphatic rings. The number of nitriles is 1. The molecule has 0 spiro atoms. The standard InChI is InChI=1S/C26H18BrFN4O4/c27-19-4-3-17-23(24(19)33)21(36-26(17)35)12-15-1-5-20(28)18(11-15)25(34)32-9-7-31(8-10-32)22-6-2-16(13-29)14-30-22/h1-6,11-12,14,33H,7-10H2/b21-12-. The van der Waals surface area contributed by atoms with Crippen molar-refractivity contribution in [3.63, 3.8) is 0 Å². The Kier molecular flexibility index (Phi) is 6.16. The van der Waals surface area contributed by atoms with Crippen molar-refractivity contribution < 1.29 is 23.8 Å². The van der Waals surface area contributed by atoms with Gasteiger partial charge in [-0.25, -0.2) is 14.2 Å². The summed E-state index contributed by atoms with van der Waals surface area (Å²) in [5.74, 6) is -1.03. The molecule has 8 nitrogen and oxygen atoms in total. The summed E-state index contributed by atoms with van der Waals surface area (Å²) in [5.41, 5.74) is 1.26. The minimum absolute atomic E-state index is 0.0997.